The molecule has 452 valence electrons. The molecule has 0 saturated heterocycles. The first kappa shape index (κ1) is 74.6. The number of ether oxygens (including phenoxy) is 1. The Hall–Kier alpha value is -1.40. The SMILES string of the molecule is CCCCC/C=C\CCCCCCCC(=O)OCCCCCCCCCCCCCCCCCCCCCCCCCCCCCCC(=O)NC(CO)C(O)CCCCCCCCCCCCCCCCCCCCC. The standard InChI is InChI=1S/C70H137NO5/c1-3-5-7-9-11-13-15-17-18-19-30-33-36-39-42-46-50-54-58-62-68(73)67(66-72)71-69(74)63-59-55-51-47-43-40-37-34-31-28-26-24-22-20-21-23-25-27-29-32-35-38-41-45-49-53-57-61-65-76-70(75)64-60-56-52-48-44-16-14-12-10-8-6-4-2/h12,14,67-68,72-73H,3-11,13,15-66H2,1-2H3,(H,71,74)/b14-12-. The molecule has 0 aromatic rings. The Morgan fingerprint density at radius 2 is 0.618 bits per heavy atom. The fourth-order valence-electron chi connectivity index (χ4n) is 11.2. The van der Waals surface area contributed by atoms with Crippen molar-refractivity contribution in [2.75, 3.05) is 13.2 Å². The van der Waals surface area contributed by atoms with Gasteiger partial charge in [-0.05, 0) is 51.4 Å². The zero-order valence-electron chi connectivity index (χ0n) is 51.8. The van der Waals surface area contributed by atoms with Crippen LogP contribution in [0.5, 0.6) is 0 Å². The lowest BCUT2D eigenvalue weighted by atomic mass is 10.0. The molecule has 0 aromatic heterocycles. The van der Waals surface area contributed by atoms with Crippen molar-refractivity contribution in [3.05, 3.63) is 12.2 Å². The fourth-order valence-corrected chi connectivity index (χ4v) is 11.2. The van der Waals surface area contributed by atoms with Gasteiger partial charge < -0.3 is 20.3 Å². The molecule has 0 aliphatic carbocycles. The number of carbonyl (C=O) groups is 2. The average Bonchev–Trinajstić information content (AvgIpc) is 3.42. The van der Waals surface area contributed by atoms with Crippen molar-refractivity contribution in [1.82, 2.24) is 5.32 Å². The molecule has 0 aliphatic rings. The minimum absolute atomic E-state index is 0.00955. The molecular formula is C70H137NO5. The second-order valence-electron chi connectivity index (χ2n) is 24.2. The van der Waals surface area contributed by atoms with Crippen LogP contribution in [0.3, 0.4) is 0 Å². The molecule has 2 unspecified atom stereocenters. The van der Waals surface area contributed by atoms with Crippen molar-refractivity contribution in [3.8, 4) is 0 Å². The molecular weight excluding hydrogens is 935 g/mol. The van der Waals surface area contributed by atoms with Gasteiger partial charge in [0.1, 0.15) is 0 Å². The van der Waals surface area contributed by atoms with Crippen molar-refractivity contribution in [2.45, 2.75) is 411 Å². The Bertz CT molecular complexity index is 1140. The average molecular weight is 1070 g/mol. The molecule has 0 saturated carbocycles. The Morgan fingerprint density at radius 3 is 0.961 bits per heavy atom. The monoisotopic (exact) mass is 1070 g/mol. The van der Waals surface area contributed by atoms with Gasteiger partial charge in [0.2, 0.25) is 5.91 Å². The quantitative estimate of drug-likeness (QED) is 0.0320. The largest absolute Gasteiger partial charge is 0.466 e. The van der Waals surface area contributed by atoms with Crippen LogP contribution in [0.1, 0.15) is 399 Å². The fraction of sp³-hybridized carbons (Fsp3) is 0.943. The van der Waals surface area contributed by atoms with E-state index in [9.17, 15) is 19.8 Å². The molecule has 0 heterocycles. The number of unbranched alkanes of at least 4 members (excludes halogenated alkanes) is 53. The number of esters is 1. The van der Waals surface area contributed by atoms with Crippen molar-refractivity contribution in [2.24, 2.45) is 0 Å². The molecule has 6 heteroatoms. The van der Waals surface area contributed by atoms with Crippen molar-refractivity contribution in [3.63, 3.8) is 0 Å². The molecule has 0 aliphatic heterocycles. The van der Waals surface area contributed by atoms with Crippen LogP contribution in [-0.2, 0) is 14.3 Å². The van der Waals surface area contributed by atoms with Crippen LogP contribution in [0, 0.1) is 0 Å². The van der Waals surface area contributed by atoms with Crippen LogP contribution in [0.25, 0.3) is 0 Å². The third kappa shape index (κ3) is 61.8. The lowest BCUT2D eigenvalue weighted by Crippen LogP contribution is -2.45. The van der Waals surface area contributed by atoms with E-state index in [1.54, 1.807) is 0 Å². The Kier molecular flexibility index (Phi) is 64.9. The van der Waals surface area contributed by atoms with Gasteiger partial charge in [-0.1, -0.05) is 347 Å². The van der Waals surface area contributed by atoms with Crippen LogP contribution in [0.15, 0.2) is 12.2 Å². The number of carbonyl (C=O) groups excluding carboxylic acids is 2. The first-order valence-electron chi connectivity index (χ1n) is 34.9. The third-order valence-corrected chi connectivity index (χ3v) is 16.6. The van der Waals surface area contributed by atoms with E-state index in [2.05, 4.69) is 31.3 Å². The van der Waals surface area contributed by atoms with E-state index < -0.39 is 12.1 Å². The minimum atomic E-state index is -0.662. The maximum absolute atomic E-state index is 12.5. The van der Waals surface area contributed by atoms with E-state index in [1.165, 1.54) is 321 Å². The van der Waals surface area contributed by atoms with E-state index in [-0.39, 0.29) is 18.5 Å². The van der Waals surface area contributed by atoms with Crippen LogP contribution >= 0.6 is 0 Å². The summed E-state index contributed by atoms with van der Waals surface area (Å²) in [4.78, 5) is 24.6. The summed E-state index contributed by atoms with van der Waals surface area (Å²) in [7, 11) is 0. The molecule has 0 aromatic carbocycles. The van der Waals surface area contributed by atoms with E-state index >= 15 is 0 Å². The van der Waals surface area contributed by atoms with Gasteiger partial charge >= 0.3 is 5.97 Å². The molecule has 0 bridgehead atoms. The van der Waals surface area contributed by atoms with Crippen molar-refractivity contribution in [1.29, 1.82) is 0 Å². The number of hydrogen-bond donors (Lipinski definition) is 3. The van der Waals surface area contributed by atoms with Gasteiger partial charge in [-0.25, -0.2) is 0 Å². The number of aliphatic hydroxyl groups excluding tert-OH is 2. The van der Waals surface area contributed by atoms with E-state index in [0.29, 0.717) is 25.9 Å². The highest BCUT2D eigenvalue weighted by Gasteiger charge is 2.20. The van der Waals surface area contributed by atoms with Gasteiger partial charge in [-0.15, -0.1) is 0 Å². The number of rotatable bonds is 66. The first-order chi connectivity index (χ1) is 37.5. The topological polar surface area (TPSA) is 95.9 Å². The second kappa shape index (κ2) is 66.1. The second-order valence-corrected chi connectivity index (χ2v) is 24.2. The molecule has 2 atom stereocenters. The van der Waals surface area contributed by atoms with Crippen LogP contribution in [0.4, 0.5) is 0 Å². The van der Waals surface area contributed by atoms with Crippen LogP contribution in [0.2, 0.25) is 0 Å². The predicted molar refractivity (Wildman–Crippen MR) is 333 cm³/mol. The minimum Gasteiger partial charge on any atom is -0.466 e. The Balaban J connectivity index is 3.34. The van der Waals surface area contributed by atoms with Gasteiger partial charge in [0.15, 0.2) is 0 Å². The number of nitrogens with one attached hydrogen (secondary N) is 1. The summed E-state index contributed by atoms with van der Waals surface area (Å²) < 4.78 is 5.48. The van der Waals surface area contributed by atoms with Gasteiger partial charge in [-0.2, -0.15) is 0 Å². The predicted octanol–water partition coefficient (Wildman–Crippen LogP) is 22.4. The summed E-state index contributed by atoms with van der Waals surface area (Å²) in [6.07, 6.45) is 81.2. The third-order valence-electron chi connectivity index (χ3n) is 16.6. The maximum Gasteiger partial charge on any atom is 0.305 e. The summed E-state index contributed by atoms with van der Waals surface area (Å²) in [6, 6.07) is -0.539. The first-order valence-corrected chi connectivity index (χ1v) is 34.9. The molecule has 0 rings (SSSR count). The highest BCUT2D eigenvalue weighted by atomic mass is 16.5. The van der Waals surface area contributed by atoms with Gasteiger partial charge in [0, 0.05) is 12.8 Å². The smallest absolute Gasteiger partial charge is 0.305 e. The summed E-state index contributed by atoms with van der Waals surface area (Å²) in [5.74, 6) is -0.0178. The van der Waals surface area contributed by atoms with E-state index in [1.807, 2.05) is 0 Å². The Labute approximate surface area is 476 Å². The van der Waals surface area contributed by atoms with Gasteiger partial charge in [-0.3, -0.25) is 9.59 Å². The highest BCUT2D eigenvalue weighted by Crippen LogP contribution is 2.19. The number of amides is 1. The summed E-state index contributed by atoms with van der Waals surface area (Å²) in [5.41, 5.74) is 0. The highest BCUT2D eigenvalue weighted by molar-refractivity contribution is 5.76. The molecule has 6 nitrogen and oxygen atoms in total. The van der Waals surface area contributed by atoms with Crippen LogP contribution < -0.4 is 5.32 Å². The van der Waals surface area contributed by atoms with Crippen molar-refractivity contribution >= 4 is 11.9 Å². The normalized spacial score (nSPS) is 12.5. The van der Waals surface area contributed by atoms with Gasteiger partial charge in [0.25, 0.3) is 0 Å². The molecule has 0 fully saturated rings. The summed E-state index contributed by atoms with van der Waals surface area (Å²) >= 11 is 0. The summed E-state index contributed by atoms with van der Waals surface area (Å²) in [6.45, 7) is 4.97. The maximum atomic E-state index is 12.5. The Morgan fingerprint density at radius 1 is 0.355 bits per heavy atom. The van der Waals surface area contributed by atoms with E-state index in [0.717, 1.165) is 44.9 Å². The van der Waals surface area contributed by atoms with Gasteiger partial charge in [0.05, 0.1) is 25.4 Å². The van der Waals surface area contributed by atoms with Crippen LogP contribution in [-0.4, -0.2) is 47.4 Å². The summed E-state index contributed by atoms with van der Waals surface area (Å²) in [5, 5.41) is 23.4. The molecule has 0 radical (unpaired) electrons. The van der Waals surface area contributed by atoms with E-state index in [4.69, 9.17) is 4.74 Å². The molecule has 0 spiro atoms. The zero-order chi connectivity index (χ0) is 55.0. The zero-order valence-corrected chi connectivity index (χ0v) is 51.8. The lowest BCUT2D eigenvalue weighted by Gasteiger charge is -2.22. The molecule has 3 N–H and O–H groups in total. The number of allylic oxidation sites excluding steroid dienone is 2. The lowest BCUT2D eigenvalue weighted by molar-refractivity contribution is -0.143. The number of hydrogen-bond acceptors (Lipinski definition) is 5. The molecule has 1 amide bonds. The van der Waals surface area contributed by atoms with Crippen molar-refractivity contribution < 1.29 is 24.5 Å². The molecule has 76 heavy (non-hydrogen) atoms. The number of aliphatic hydroxyl groups is 2.